The van der Waals surface area contributed by atoms with Gasteiger partial charge in [-0.15, -0.1) is 0 Å². The largest absolute Gasteiger partial charge is 0.373 e. The molecular weight excluding hydrogens is 232 g/mol. The van der Waals surface area contributed by atoms with Gasteiger partial charge in [0.2, 0.25) is 24.3 Å². The Labute approximate surface area is 94.6 Å². The van der Waals surface area contributed by atoms with Gasteiger partial charge in [0, 0.05) is 0 Å². The molecule has 0 aromatic rings. The first-order chi connectivity index (χ1) is 8.28. The van der Waals surface area contributed by atoms with Gasteiger partial charge in [0.1, 0.15) is 0 Å². The van der Waals surface area contributed by atoms with E-state index in [9.17, 15) is 19.2 Å². The lowest BCUT2D eigenvalue weighted by Gasteiger charge is -2.06. The second kappa shape index (κ2) is 10.0. The van der Waals surface area contributed by atoms with Crippen molar-refractivity contribution in [2.75, 3.05) is 13.2 Å². The summed E-state index contributed by atoms with van der Waals surface area (Å²) in [6.07, 6.45) is 2.61. The lowest BCUT2D eigenvalue weighted by Crippen LogP contribution is -2.17. The molecule has 0 amide bonds. The molecular formula is C8H6N4O5. The molecule has 9 nitrogen and oxygen atoms in total. The monoisotopic (exact) mass is 238 g/mol. The molecule has 0 rings (SSSR count). The number of hydrogen-bond acceptors (Lipinski definition) is 9. The Hall–Kier alpha value is -2.52. The Morgan fingerprint density at radius 2 is 1.00 bits per heavy atom. The predicted octanol–water partition coefficient (Wildman–Crippen LogP) is -1.00. The molecule has 0 aliphatic heterocycles. The first-order valence-corrected chi connectivity index (χ1v) is 4.14. The fraction of sp³-hybridized carbons (Fsp3) is 0.500. The highest BCUT2D eigenvalue weighted by Gasteiger charge is 2.08. The van der Waals surface area contributed by atoms with E-state index in [-0.39, 0.29) is 13.2 Å². The summed E-state index contributed by atoms with van der Waals surface area (Å²) in [5.41, 5.74) is 0. The Morgan fingerprint density at radius 1 is 0.706 bits per heavy atom. The SMILES string of the molecule is O=C=NC(COCC(N=C=O)N=C=O)N=C=O. The first kappa shape index (κ1) is 14.5. The zero-order chi connectivity index (χ0) is 12.9. The van der Waals surface area contributed by atoms with Crippen molar-refractivity contribution in [3.05, 3.63) is 0 Å². The van der Waals surface area contributed by atoms with Crippen LogP contribution in [0, 0.1) is 0 Å². The molecule has 0 heterocycles. The smallest absolute Gasteiger partial charge is 0.237 e. The second-order valence-corrected chi connectivity index (χ2v) is 2.38. The molecule has 0 aromatic carbocycles. The summed E-state index contributed by atoms with van der Waals surface area (Å²) in [5.74, 6) is 0. The van der Waals surface area contributed by atoms with Crippen LogP contribution in [0.5, 0.6) is 0 Å². The number of carbonyl (C=O) groups excluding carboxylic acids is 4. The molecule has 0 bridgehead atoms. The van der Waals surface area contributed by atoms with Crippen molar-refractivity contribution in [3.63, 3.8) is 0 Å². The van der Waals surface area contributed by atoms with Gasteiger partial charge in [-0.1, -0.05) is 0 Å². The van der Waals surface area contributed by atoms with Gasteiger partial charge in [-0.2, -0.15) is 20.0 Å². The van der Waals surface area contributed by atoms with Crippen LogP contribution in [0.25, 0.3) is 0 Å². The number of rotatable bonds is 8. The van der Waals surface area contributed by atoms with E-state index < -0.39 is 12.3 Å². The van der Waals surface area contributed by atoms with Gasteiger partial charge in [0.15, 0.2) is 12.3 Å². The van der Waals surface area contributed by atoms with E-state index in [1.165, 1.54) is 24.3 Å². The maximum absolute atomic E-state index is 9.92. The summed E-state index contributed by atoms with van der Waals surface area (Å²) in [4.78, 5) is 52.2. The lowest BCUT2D eigenvalue weighted by molar-refractivity contribution is 0.113. The molecule has 0 fully saturated rings. The van der Waals surface area contributed by atoms with E-state index in [1.54, 1.807) is 0 Å². The highest BCUT2D eigenvalue weighted by molar-refractivity contribution is 5.37. The Balaban J connectivity index is 4.25. The van der Waals surface area contributed by atoms with E-state index in [0.29, 0.717) is 0 Å². The Kier molecular flexibility index (Phi) is 8.53. The molecule has 0 aliphatic rings. The third-order valence-corrected chi connectivity index (χ3v) is 1.34. The molecule has 0 aliphatic carbocycles. The minimum absolute atomic E-state index is 0.246. The summed E-state index contributed by atoms with van der Waals surface area (Å²) >= 11 is 0. The third-order valence-electron chi connectivity index (χ3n) is 1.34. The molecule has 0 saturated heterocycles. The first-order valence-electron chi connectivity index (χ1n) is 4.14. The average molecular weight is 238 g/mol. The van der Waals surface area contributed by atoms with Crippen molar-refractivity contribution in [2.24, 2.45) is 20.0 Å². The van der Waals surface area contributed by atoms with Gasteiger partial charge < -0.3 is 4.74 Å². The number of aliphatic imine (C=N–C) groups is 4. The van der Waals surface area contributed by atoms with Gasteiger partial charge in [-0.3, -0.25) is 0 Å². The maximum atomic E-state index is 9.92. The molecule has 0 unspecified atom stereocenters. The van der Waals surface area contributed by atoms with E-state index >= 15 is 0 Å². The van der Waals surface area contributed by atoms with Crippen LogP contribution in [-0.4, -0.2) is 49.9 Å². The van der Waals surface area contributed by atoms with Crippen LogP contribution in [0.1, 0.15) is 0 Å². The van der Waals surface area contributed by atoms with Crippen LogP contribution in [0.2, 0.25) is 0 Å². The quantitative estimate of drug-likeness (QED) is 0.395. The molecule has 9 heteroatoms. The number of isocyanates is 4. The minimum Gasteiger partial charge on any atom is -0.373 e. The van der Waals surface area contributed by atoms with Crippen molar-refractivity contribution in [2.45, 2.75) is 12.3 Å². The molecule has 17 heavy (non-hydrogen) atoms. The van der Waals surface area contributed by atoms with Crippen LogP contribution < -0.4 is 0 Å². The van der Waals surface area contributed by atoms with Crippen molar-refractivity contribution in [1.82, 2.24) is 0 Å². The van der Waals surface area contributed by atoms with Gasteiger partial charge in [-0.25, -0.2) is 19.2 Å². The van der Waals surface area contributed by atoms with Crippen molar-refractivity contribution >= 4 is 24.3 Å². The highest BCUT2D eigenvalue weighted by atomic mass is 16.5. The van der Waals surface area contributed by atoms with E-state index in [0.717, 1.165) is 0 Å². The normalized spacial score (nSPS) is 11.8. The van der Waals surface area contributed by atoms with Crippen molar-refractivity contribution in [3.8, 4) is 0 Å². The zero-order valence-corrected chi connectivity index (χ0v) is 8.40. The van der Waals surface area contributed by atoms with Crippen LogP contribution in [-0.2, 0) is 23.9 Å². The van der Waals surface area contributed by atoms with Gasteiger partial charge >= 0.3 is 0 Å². The molecule has 0 saturated carbocycles. The summed E-state index contributed by atoms with van der Waals surface area (Å²) < 4.78 is 4.88. The molecule has 0 spiro atoms. The zero-order valence-electron chi connectivity index (χ0n) is 8.40. The average Bonchev–Trinajstić information content (AvgIpc) is 2.30. The summed E-state index contributed by atoms with van der Waals surface area (Å²) in [6.45, 7) is -0.493. The Morgan fingerprint density at radius 3 is 1.24 bits per heavy atom. The molecule has 88 valence electrons. The molecule has 0 N–H and O–H groups in total. The molecule has 0 aromatic heterocycles. The summed E-state index contributed by atoms with van der Waals surface area (Å²) in [6, 6.07) is 0. The van der Waals surface area contributed by atoms with Crippen LogP contribution >= 0.6 is 0 Å². The van der Waals surface area contributed by atoms with Crippen LogP contribution in [0.15, 0.2) is 20.0 Å². The van der Waals surface area contributed by atoms with Crippen LogP contribution in [0.4, 0.5) is 0 Å². The Bertz CT molecular complexity index is 349. The minimum atomic E-state index is -1.08. The lowest BCUT2D eigenvalue weighted by atomic mass is 10.5. The fourth-order valence-electron chi connectivity index (χ4n) is 0.729. The van der Waals surface area contributed by atoms with Crippen molar-refractivity contribution < 1.29 is 23.9 Å². The topological polar surface area (TPSA) is 127 Å². The summed E-state index contributed by atoms with van der Waals surface area (Å²) in [5, 5.41) is 0. The maximum Gasteiger partial charge on any atom is 0.237 e. The number of ether oxygens (including phenoxy) is 1. The van der Waals surface area contributed by atoms with E-state index in [1.807, 2.05) is 0 Å². The van der Waals surface area contributed by atoms with Crippen LogP contribution in [0.3, 0.4) is 0 Å². The summed E-state index contributed by atoms with van der Waals surface area (Å²) in [7, 11) is 0. The number of hydrogen-bond donors (Lipinski definition) is 0. The van der Waals surface area contributed by atoms with E-state index in [2.05, 4.69) is 20.0 Å². The van der Waals surface area contributed by atoms with Gasteiger partial charge in [-0.05, 0) is 0 Å². The fourth-order valence-corrected chi connectivity index (χ4v) is 0.729. The number of nitrogens with zero attached hydrogens (tertiary/aromatic N) is 4. The standard InChI is InChI=1S/C8H6N4O5/c13-3-9-7(10-4-14)1-17-2-8(11-5-15)12-6-16/h7-8H,1-2H2. The predicted molar refractivity (Wildman–Crippen MR) is 50.9 cm³/mol. The highest BCUT2D eigenvalue weighted by Crippen LogP contribution is 1.97. The van der Waals surface area contributed by atoms with Gasteiger partial charge in [0.25, 0.3) is 0 Å². The van der Waals surface area contributed by atoms with E-state index in [4.69, 9.17) is 4.74 Å². The third kappa shape index (κ3) is 7.41. The molecule has 0 atom stereocenters. The van der Waals surface area contributed by atoms with Crippen molar-refractivity contribution in [1.29, 1.82) is 0 Å². The van der Waals surface area contributed by atoms with Gasteiger partial charge in [0.05, 0.1) is 13.2 Å². The second-order valence-electron chi connectivity index (χ2n) is 2.38. The molecule has 0 radical (unpaired) electrons.